The van der Waals surface area contributed by atoms with Gasteiger partial charge < -0.3 is 14.4 Å². The molecule has 7 heteroatoms. The second-order valence-electron chi connectivity index (χ2n) is 7.58. The third kappa shape index (κ3) is 3.58. The number of ether oxygens (including phenoxy) is 2. The Hall–Kier alpha value is -1.56. The molecule has 24 heavy (non-hydrogen) atoms. The van der Waals surface area contributed by atoms with Crippen molar-refractivity contribution in [1.29, 1.82) is 0 Å². The smallest absolute Gasteiger partial charge is 0.410 e. The quantitative estimate of drug-likeness (QED) is 0.757. The maximum Gasteiger partial charge on any atom is 0.410 e. The maximum atomic E-state index is 12.5. The second kappa shape index (κ2) is 6.39. The minimum absolute atomic E-state index is 0.0332. The highest BCUT2D eigenvalue weighted by Crippen LogP contribution is 2.38. The summed E-state index contributed by atoms with van der Waals surface area (Å²) in [4.78, 5) is 22.5. The van der Waals surface area contributed by atoms with Crippen LogP contribution in [0.4, 0.5) is 4.79 Å². The predicted octanol–water partition coefficient (Wildman–Crippen LogP) is 3.75. The van der Waals surface area contributed by atoms with E-state index in [1.807, 2.05) is 32.6 Å². The molecule has 2 saturated heterocycles. The van der Waals surface area contributed by atoms with Crippen LogP contribution < -0.4 is 4.74 Å². The molecule has 0 radical (unpaired) electrons. The fourth-order valence-electron chi connectivity index (χ4n) is 3.53. The molecule has 6 nitrogen and oxygen atoms in total. The number of halogens is 1. The Bertz CT molecular complexity index is 618. The van der Waals surface area contributed by atoms with Crippen molar-refractivity contribution in [3.63, 3.8) is 0 Å². The number of rotatable bonds is 2. The third-order valence-corrected chi connectivity index (χ3v) is 4.93. The number of aromatic nitrogens is 2. The SMILES string of the molecule is Cc1c(Cl)ncnc1OC1C[C@@H]2CC[C@@H](C1)N2C(=O)OC(C)(C)C. The number of hydrogen-bond donors (Lipinski definition) is 0. The molecule has 0 N–H and O–H groups in total. The molecular weight excluding hydrogens is 330 g/mol. The van der Waals surface area contributed by atoms with E-state index in [2.05, 4.69) is 9.97 Å². The van der Waals surface area contributed by atoms with Crippen LogP contribution in [0.1, 0.15) is 52.0 Å². The highest BCUT2D eigenvalue weighted by atomic mass is 35.5. The van der Waals surface area contributed by atoms with Crippen molar-refractivity contribution in [2.24, 2.45) is 0 Å². The molecule has 1 amide bonds. The van der Waals surface area contributed by atoms with E-state index >= 15 is 0 Å². The first kappa shape index (κ1) is 17.3. The van der Waals surface area contributed by atoms with Crippen LogP contribution in [0, 0.1) is 6.92 Å². The Balaban J connectivity index is 1.67. The zero-order chi connectivity index (χ0) is 17.5. The lowest BCUT2D eigenvalue weighted by molar-refractivity contribution is -0.00770. The molecule has 0 spiro atoms. The molecule has 2 fully saturated rings. The van der Waals surface area contributed by atoms with Gasteiger partial charge in [0.25, 0.3) is 0 Å². The van der Waals surface area contributed by atoms with E-state index in [9.17, 15) is 4.79 Å². The highest BCUT2D eigenvalue weighted by Gasteiger charge is 2.45. The number of carbonyl (C=O) groups is 1. The summed E-state index contributed by atoms with van der Waals surface area (Å²) in [5.41, 5.74) is 0.277. The van der Waals surface area contributed by atoms with Crippen molar-refractivity contribution in [3.8, 4) is 5.88 Å². The molecule has 0 aliphatic carbocycles. The molecule has 132 valence electrons. The van der Waals surface area contributed by atoms with E-state index in [4.69, 9.17) is 21.1 Å². The summed E-state index contributed by atoms with van der Waals surface area (Å²) in [6, 6.07) is 0.336. The molecule has 1 aromatic rings. The topological polar surface area (TPSA) is 64.6 Å². The van der Waals surface area contributed by atoms with Gasteiger partial charge in [0.15, 0.2) is 0 Å². The summed E-state index contributed by atoms with van der Waals surface area (Å²) < 4.78 is 11.6. The number of piperidine rings is 1. The summed E-state index contributed by atoms with van der Waals surface area (Å²) in [6.45, 7) is 7.53. The zero-order valence-electron chi connectivity index (χ0n) is 14.6. The normalized spacial score (nSPS) is 26.4. The molecular formula is C17H24ClN3O3. The standard InChI is InChI=1S/C17H24ClN3O3/c1-10-14(18)19-9-20-15(10)23-13-7-11-5-6-12(8-13)21(11)16(22)24-17(2,3)4/h9,11-13H,5-8H2,1-4H3/t11-,12-/m0/s1. The summed E-state index contributed by atoms with van der Waals surface area (Å²) in [6.07, 6.45) is 4.80. The fraction of sp³-hybridized carbons (Fsp3) is 0.706. The van der Waals surface area contributed by atoms with Crippen LogP contribution in [0.3, 0.4) is 0 Å². The summed E-state index contributed by atoms with van der Waals surface area (Å²) in [7, 11) is 0. The van der Waals surface area contributed by atoms with Gasteiger partial charge in [0.1, 0.15) is 23.2 Å². The van der Waals surface area contributed by atoms with Crippen LogP contribution in [-0.4, -0.2) is 44.7 Å². The van der Waals surface area contributed by atoms with Gasteiger partial charge in [-0.05, 0) is 40.5 Å². The van der Waals surface area contributed by atoms with Gasteiger partial charge in [-0.15, -0.1) is 0 Å². The minimum atomic E-state index is -0.474. The lowest BCUT2D eigenvalue weighted by Gasteiger charge is -2.39. The van der Waals surface area contributed by atoms with Gasteiger partial charge in [-0.3, -0.25) is 0 Å². The van der Waals surface area contributed by atoms with Crippen molar-refractivity contribution in [1.82, 2.24) is 14.9 Å². The maximum absolute atomic E-state index is 12.5. The third-order valence-electron chi connectivity index (χ3n) is 4.55. The molecule has 0 saturated carbocycles. The Morgan fingerprint density at radius 3 is 2.46 bits per heavy atom. The lowest BCUT2D eigenvalue weighted by atomic mass is 10.00. The monoisotopic (exact) mass is 353 g/mol. The predicted molar refractivity (Wildman–Crippen MR) is 90.3 cm³/mol. The zero-order valence-corrected chi connectivity index (χ0v) is 15.3. The first-order chi connectivity index (χ1) is 11.2. The fourth-order valence-corrected chi connectivity index (χ4v) is 3.65. The van der Waals surface area contributed by atoms with Crippen LogP contribution in [0.25, 0.3) is 0 Å². The van der Waals surface area contributed by atoms with Gasteiger partial charge in [-0.1, -0.05) is 11.6 Å². The average molecular weight is 354 g/mol. The molecule has 3 rings (SSSR count). The van der Waals surface area contributed by atoms with Crippen molar-refractivity contribution in [2.75, 3.05) is 0 Å². The molecule has 1 aromatic heterocycles. The molecule has 3 heterocycles. The van der Waals surface area contributed by atoms with E-state index < -0.39 is 5.60 Å². The number of amides is 1. The highest BCUT2D eigenvalue weighted by molar-refractivity contribution is 6.30. The number of hydrogen-bond acceptors (Lipinski definition) is 5. The summed E-state index contributed by atoms with van der Waals surface area (Å²) >= 11 is 6.03. The summed E-state index contributed by atoms with van der Waals surface area (Å²) in [5, 5.41) is 0.411. The van der Waals surface area contributed by atoms with Crippen LogP contribution in [0.15, 0.2) is 6.33 Å². The van der Waals surface area contributed by atoms with E-state index in [1.165, 1.54) is 6.33 Å². The van der Waals surface area contributed by atoms with Crippen molar-refractivity contribution in [2.45, 2.75) is 77.2 Å². The first-order valence-corrected chi connectivity index (χ1v) is 8.77. The molecule has 2 aliphatic heterocycles. The largest absolute Gasteiger partial charge is 0.474 e. The van der Waals surface area contributed by atoms with Gasteiger partial charge in [-0.25, -0.2) is 14.8 Å². The van der Waals surface area contributed by atoms with Gasteiger partial charge in [0, 0.05) is 30.5 Å². The second-order valence-corrected chi connectivity index (χ2v) is 7.94. The molecule has 0 unspecified atom stereocenters. The van der Waals surface area contributed by atoms with Crippen LogP contribution >= 0.6 is 11.6 Å². The Morgan fingerprint density at radius 2 is 1.88 bits per heavy atom. The van der Waals surface area contributed by atoms with Gasteiger partial charge in [-0.2, -0.15) is 0 Å². The van der Waals surface area contributed by atoms with Crippen molar-refractivity contribution >= 4 is 17.7 Å². The number of fused-ring (bicyclic) bond motifs is 2. The Kier molecular flexibility index (Phi) is 4.60. The van der Waals surface area contributed by atoms with Crippen LogP contribution in [0.2, 0.25) is 5.15 Å². The van der Waals surface area contributed by atoms with E-state index in [1.54, 1.807) is 0 Å². The molecule has 0 aromatic carbocycles. The molecule has 2 bridgehead atoms. The average Bonchev–Trinajstić information content (AvgIpc) is 2.74. The van der Waals surface area contributed by atoms with Crippen molar-refractivity contribution < 1.29 is 14.3 Å². The van der Waals surface area contributed by atoms with Crippen LogP contribution in [0.5, 0.6) is 5.88 Å². The van der Waals surface area contributed by atoms with E-state index in [0.717, 1.165) is 31.2 Å². The summed E-state index contributed by atoms with van der Waals surface area (Å²) in [5.74, 6) is 0.533. The number of carbonyl (C=O) groups excluding carboxylic acids is 1. The molecule has 2 atom stereocenters. The number of nitrogens with zero attached hydrogens (tertiary/aromatic N) is 3. The lowest BCUT2D eigenvalue weighted by Crippen LogP contribution is -2.50. The van der Waals surface area contributed by atoms with E-state index in [-0.39, 0.29) is 24.3 Å². The van der Waals surface area contributed by atoms with Crippen molar-refractivity contribution in [3.05, 3.63) is 17.0 Å². The van der Waals surface area contributed by atoms with Gasteiger partial charge in [0.2, 0.25) is 5.88 Å². The van der Waals surface area contributed by atoms with Gasteiger partial charge >= 0.3 is 6.09 Å². The van der Waals surface area contributed by atoms with Gasteiger partial charge in [0.05, 0.1) is 0 Å². The Morgan fingerprint density at radius 1 is 1.25 bits per heavy atom. The first-order valence-electron chi connectivity index (χ1n) is 8.39. The molecule has 2 aliphatic rings. The van der Waals surface area contributed by atoms with E-state index in [0.29, 0.717) is 11.0 Å². The Labute approximate surface area is 147 Å². The minimum Gasteiger partial charge on any atom is -0.474 e. The van der Waals surface area contributed by atoms with Crippen LogP contribution in [-0.2, 0) is 4.74 Å².